The van der Waals surface area contributed by atoms with Gasteiger partial charge in [0.25, 0.3) is 0 Å². The summed E-state index contributed by atoms with van der Waals surface area (Å²) >= 11 is 0. The molecule has 1 aromatic carbocycles. The van der Waals surface area contributed by atoms with E-state index in [-0.39, 0.29) is 12.2 Å². The highest BCUT2D eigenvalue weighted by atomic mass is 16.7. The van der Waals surface area contributed by atoms with Crippen LogP contribution in [0.25, 0.3) is 0 Å². The number of hydrogen-bond acceptors (Lipinski definition) is 4. The predicted molar refractivity (Wildman–Crippen MR) is 78.7 cm³/mol. The number of nitrogens with zero attached hydrogens (tertiary/aromatic N) is 1. The zero-order chi connectivity index (χ0) is 14.3. The van der Waals surface area contributed by atoms with Gasteiger partial charge >= 0.3 is 7.32 Å². The first-order chi connectivity index (χ1) is 9.51. The predicted octanol–water partition coefficient (Wildman–Crippen LogP) is 2.31. The van der Waals surface area contributed by atoms with E-state index in [2.05, 4.69) is 44.7 Å². The maximum atomic E-state index is 6.04. The van der Waals surface area contributed by atoms with Crippen LogP contribution in [0.3, 0.4) is 0 Å². The highest BCUT2D eigenvalue weighted by molar-refractivity contribution is 6.37. The van der Waals surface area contributed by atoms with Crippen molar-refractivity contribution < 1.29 is 14.0 Å². The lowest BCUT2D eigenvalue weighted by Crippen LogP contribution is -2.46. The molecular formula is C15H22BNO3. The van der Waals surface area contributed by atoms with Gasteiger partial charge in [-0.05, 0) is 33.3 Å². The zero-order valence-electron chi connectivity index (χ0n) is 12.7. The van der Waals surface area contributed by atoms with Gasteiger partial charge in [0.15, 0.2) is 0 Å². The molecule has 1 aromatic rings. The molecule has 0 saturated carbocycles. The van der Waals surface area contributed by atoms with Crippen molar-refractivity contribution in [1.82, 2.24) is 4.90 Å². The minimum atomic E-state index is -0.611. The Kier molecular flexibility index (Phi) is 3.75. The van der Waals surface area contributed by atoms with Crippen LogP contribution in [-0.2, 0) is 15.9 Å². The van der Waals surface area contributed by atoms with E-state index in [1.54, 1.807) is 0 Å². The van der Waals surface area contributed by atoms with Crippen molar-refractivity contribution in [3.8, 4) is 5.75 Å². The van der Waals surface area contributed by atoms with E-state index in [0.29, 0.717) is 0 Å². The van der Waals surface area contributed by atoms with Crippen LogP contribution < -0.4 is 4.65 Å². The molecule has 2 bridgehead atoms. The third-order valence-corrected chi connectivity index (χ3v) is 3.82. The topological polar surface area (TPSA) is 30.9 Å². The van der Waals surface area contributed by atoms with Gasteiger partial charge in [-0.3, -0.25) is 4.90 Å². The van der Waals surface area contributed by atoms with Gasteiger partial charge in [-0.1, -0.05) is 17.7 Å². The van der Waals surface area contributed by atoms with Crippen LogP contribution in [0.15, 0.2) is 12.1 Å². The summed E-state index contributed by atoms with van der Waals surface area (Å²) in [6.45, 7) is 11.0. The molecule has 0 aromatic heterocycles. The van der Waals surface area contributed by atoms with Gasteiger partial charge in [0.2, 0.25) is 0 Å². The summed E-state index contributed by atoms with van der Waals surface area (Å²) < 4.78 is 17.8. The molecule has 2 unspecified atom stereocenters. The van der Waals surface area contributed by atoms with Gasteiger partial charge in [-0.2, -0.15) is 0 Å². The number of rotatable bonds is 0. The molecule has 5 heteroatoms. The van der Waals surface area contributed by atoms with Gasteiger partial charge in [0, 0.05) is 25.2 Å². The van der Waals surface area contributed by atoms with Crippen LogP contribution in [0.1, 0.15) is 30.5 Å². The van der Waals surface area contributed by atoms with Crippen LogP contribution in [0.4, 0.5) is 0 Å². The molecule has 2 atom stereocenters. The highest BCUT2D eigenvalue weighted by Gasteiger charge is 2.36. The molecule has 0 N–H and O–H groups in total. The van der Waals surface area contributed by atoms with E-state index in [1.807, 2.05) is 0 Å². The molecule has 3 aliphatic rings. The van der Waals surface area contributed by atoms with Crippen molar-refractivity contribution in [1.29, 1.82) is 0 Å². The average molecular weight is 275 g/mol. The van der Waals surface area contributed by atoms with E-state index in [4.69, 9.17) is 14.0 Å². The van der Waals surface area contributed by atoms with E-state index >= 15 is 0 Å². The zero-order valence-corrected chi connectivity index (χ0v) is 12.7. The van der Waals surface area contributed by atoms with Gasteiger partial charge in [-0.25, -0.2) is 0 Å². The molecule has 0 radical (unpaired) electrons. The number of benzene rings is 1. The van der Waals surface area contributed by atoms with E-state index in [9.17, 15) is 0 Å². The van der Waals surface area contributed by atoms with Crippen molar-refractivity contribution in [3.05, 3.63) is 28.8 Å². The first kappa shape index (κ1) is 13.9. The maximum absolute atomic E-state index is 6.04. The minimum Gasteiger partial charge on any atom is -0.511 e. The van der Waals surface area contributed by atoms with Crippen LogP contribution in [0.5, 0.6) is 5.75 Å². The Morgan fingerprint density at radius 1 is 1.10 bits per heavy atom. The molecule has 1 fully saturated rings. The quantitative estimate of drug-likeness (QED) is 0.680. The third-order valence-electron chi connectivity index (χ3n) is 3.82. The Balaban J connectivity index is 2.04. The van der Waals surface area contributed by atoms with Gasteiger partial charge in [0.1, 0.15) is 5.75 Å². The van der Waals surface area contributed by atoms with Crippen molar-refractivity contribution in [2.45, 2.75) is 46.4 Å². The molecule has 0 spiro atoms. The number of fused-ring (bicyclic) bond motifs is 4. The standard InChI is InChI=1S/C15H22BNO3/c1-10-5-11(2)15-14(6-10)9-17-7-12(3)18-16(20-15)19-13(4)8-17/h5-6,12-13H,7-9H2,1-4H3. The van der Waals surface area contributed by atoms with Crippen molar-refractivity contribution in [2.24, 2.45) is 0 Å². The van der Waals surface area contributed by atoms with Crippen LogP contribution in [-0.4, -0.2) is 37.5 Å². The molecular weight excluding hydrogens is 253 g/mol. The summed E-state index contributed by atoms with van der Waals surface area (Å²) in [4.78, 5) is 2.39. The van der Waals surface area contributed by atoms with Crippen molar-refractivity contribution in [2.75, 3.05) is 13.1 Å². The monoisotopic (exact) mass is 275 g/mol. The Morgan fingerprint density at radius 2 is 1.75 bits per heavy atom. The largest absolute Gasteiger partial charge is 0.713 e. The fourth-order valence-corrected chi connectivity index (χ4v) is 3.15. The lowest BCUT2D eigenvalue weighted by atomic mass is 10.0. The van der Waals surface area contributed by atoms with Crippen molar-refractivity contribution >= 4 is 7.32 Å². The van der Waals surface area contributed by atoms with Crippen molar-refractivity contribution in [3.63, 3.8) is 0 Å². The lowest BCUT2D eigenvalue weighted by Gasteiger charge is -2.31. The summed E-state index contributed by atoms with van der Waals surface area (Å²) in [5.41, 5.74) is 3.63. The number of aryl methyl sites for hydroxylation is 2. The van der Waals surface area contributed by atoms with Crippen LogP contribution >= 0.6 is 0 Å². The molecule has 0 aliphatic carbocycles. The summed E-state index contributed by atoms with van der Waals surface area (Å²) in [5, 5.41) is 0. The van der Waals surface area contributed by atoms with Gasteiger partial charge in [-0.15, -0.1) is 0 Å². The Bertz CT molecular complexity index is 494. The SMILES string of the molecule is Cc1cc(C)c2c(c1)CN1CC(C)OB(O2)OC(C)C1. The molecule has 1 saturated heterocycles. The normalized spacial score (nSPS) is 29.8. The smallest absolute Gasteiger partial charge is 0.511 e. The van der Waals surface area contributed by atoms with Gasteiger partial charge < -0.3 is 14.0 Å². The first-order valence-corrected chi connectivity index (χ1v) is 7.31. The van der Waals surface area contributed by atoms with E-state index < -0.39 is 7.32 Å². The Hall–Kier alpha value is -1.04. The summed E-state index contributed by atoms with van der Waals surface area (Å²) in [5.74, 6) is 0.911. The maximum Gasteiger partial charge on any atom is 0.713 e. The second kappa shape index (κ2) is 5.39. The molecule has 4 nitrogen and oxygen atoms in total. The third kappa shape index (κ3) is 2.85. The summed E-state index contributed by atoms with van der Waals surface area (Å²) in [7, 11) is -0.611. The van der Waals surface area contributed by atoms with E-state index in [1.165, 1.54) is 11.1 Å². The van der Waals surface area contributed by atoms with Crippen LogP contribution in [0, 0.1) is 13.8 Å². The summed E-state index contributed by atoms with van der Waals surface area (Å²) in [6, 6.07) is 4.35. The lowest BCUT2D eigenvalue weighted by molar-refractivity contribution is 0.0124. The molecule has 4 rings (SSSR count). The Morgan fingerprint density at radius 3 is 2.40 bits per heavy atom. The minimum absolute atomic E-state index is 0.100. The molecule has 3 heterocycles. The fourth-order valence-electron chi connectivity index (χ4n) is 3.15. The highest BCUT2D eigenvalue weighted by Crippen LogP contribution is 2.30. The Labute approximate surface area is 121 Å². The molecule has 20 heavy (non-hydrogen) atoms. The molecule has 0 amide bonds. The van der Waals surface area contributed by atoms with E-state index in [0.717, 1.165) is 30.9 Å². The molecule has 108 valence electrons. The van der Waals surface area contributed by atoms with Gasteiger partial charge in [0.05, 0.1) is 12.2 Å². The average Bonchev–Trinajstić information content (AvgIpc) is 2.39. The second-order valence-electron chi connectivity index (χ2n) is 6.06. The van der Waals surface area contributed by atoms with Crippen LogP contribution in [0.2, 0.25) is 0 Å². The molecule has 3 aliphatic heterocycles. The fraction of sp³-hybridized carbons (Fsp3) is 0.600. The summed E-state index contributed by atoms with van der Waals surface area (Å²) in [6.07, 6.45) is 0.200. The second-order valence-corrected chi connectivity index (χ2v) is 6.06. The number of hydrogen-bond donors (Lipinski definition) is 0. The first-order valence-electron chi connectivity index (χ1n) is 7.31.